The van der Waals surface area contributed by atoms with Crippen molar-refractivity contribution >= 4 is 29.1 Å². The summed E-state index contributed by atoms with van der Waals surface area (Å²) in [6, 6.07) is 12.5. The second-order valence-electron chi connectivity index (χ2n) is 4.55. The van der Waals surface area contributed by atoms with Gasteiger partial charge in [-0.15, -0.1) is 0 Å². The largest absolute Gasteiger partial charge is 0.492 e. The molecule has 0 atom stereocenters. The molecular formula is C16H15Cl2NO2. The maximum atomic E-state index is 11.9. The molecular weight excluding hydrogens is 309 g/mol. The maximum absolute atomic E-state index is 11.9. The zero-order valence-electron chi connectivity index (χ0n) is 11.5. The fraction of sp³-hybridized carbons (Fsp3) is 0.188. The Morgan fingerprint density at radius 1 is 1.10 bits per heavy atom. The first kappa shape index (κ1) is 15.7. The zero-order chi connectivity index (χ0) is 15.2. The molecule has 21 heavy (non-hydrogen) atoms. The molecule has 0 aliphatic carbocycles. The van der Waals surface area contributed by atoms with Gasteiger partial charge in [-0.2, -0.15) is 0 Å². The standard InChI is InChI=1S/C16H15Cl2NO2/c1-11-2-5-13(6-3-11)21-9-8-19-16(20)12-4-7-14(17)15(18)10-12/h2-7,10H,8-9H2,1H3,(H,19,20). The molecule has 0 radical (unpaired) electrons. The third kappa shape index (κ3) is 4.66. The smallest absolute Gasteiger partial charge is 0.251 e. The average molecular weight is 324 g/mol. The Hall–Kier alpha value is -1.71. The van der Waals surface area contributed by atoms with Crippen LogP contribution in [0.4, 0.5) is 0 Å². The second-order valence-corrected chi connectivity index (χ2v) is 5.36. The van der Waals surface area contributed by atoms with Gasteiger partial charge in [0.15, 0.2) is 0 Å². The summed E-state index contributed by atoms with van der Waals surface area (Å²) in [7, 11) is 0. The van der Waals surface area contributed by atoms with Crippen LogP contribution in [0, 0.1) is 6.92 Å². The molecule has 0 spiro atoms. The number of carbonyl (C=O) groups excluding carboxylic acids is 1. The summed E-state index contributed by atoms with van der Waals surface area (Å²) in [5.74, 6) is 0.574. The number of carbonyl (C=O) groups is 1. The summed E-state index contributed by atoms with van der Waals surface area (Å²) >= 11 is 11.7. The summed E-state index contributed by atoms with van der Waals surface area (Å²) in [6.45, 7) is 2.82. The van der Waals surface area contributed by atoms with E-state index < -0.39 is 0 Å². The molecule has 0 saturated carbocycles. The Morgan fingerprint density at radius 2 is 1.81 bits per heavy atom. The Bertz CT molecular complexity index is 627. The monoisotopic (exact) mass is 323 g/mol. The second kappa shape index (κ2) is 7.34. The molecule has 3 nitrogen and oxygen atoms in total. The van der Waals surface area contributed by atoms with E-state index in [0.717, 1.165) is 5.75 Å². The molecule has 0 unspecified atom stereocenters. The number of rotatable bonds is 5. The summed E-state index contributed by atoms with van der Waals surface area (Å²) in [5.41, 5.74) is 1.65. The van der Waals surface area contributed by atoms with Crippen LogP contribution in [-0.2, 0) is 0 Å². The zero-order valence-corrected chi connectivity index (χ0v) is 13.0. The number of halogens is 2. The molecule has 2 aromatic rings. The normalized spacial score (nSPS) is 10.2. The molecule has 0 aliphatic rings. The van der Waals surface area contributed by atoms with Crippen molar-refractivity contribution in [1.82, 2.24) is 5.32 Å². The van der Waals surface area contributed by atoms with Gasteiger partial charge < -0.3 is 10.1 Å². The first-order valence-corrected chi connectivity index (χ1v) is 7.24. The SMILES string of the molecule is Cc1ccc(OCCNC(=O)c2ccc(Cl)c(Cl)c2)cc1. The molecule has 1 amide bonds. The van der Waals surface area contributed by atoms with Crippen LogP contribution in [0.1, 0.15) is 15.9 Å². The van der Waals surface area contributed by atoms with Gasteiger partial charge >= 0.3 is 0 Å². The maximum Gasteiger partial charge on any atom is 0.251 e. The number of hydrogen-bond donors (Lipinski definition) is 1. The summed E-state index contributed by atoms with van der Waals surface area (Å²) in [6.07, 6.45) is 0. The molecule has 0 aromatic heterocycles. The molecule has 5 heteroatoms. The number of benzene rings is 2. The van der Waals surface area contributed by atoms with Gasteiger partial charge in [-0.3, -0.25) is 4.79 Å². The van der Waals surface area contributed by atoms with E-state index in [-0.39, 0.29) is 5.91 Å². The Morgan fingerprint density at radius 3 is 2.48 bits per heavy atom. The Labute approximate surface area is 133 Å². The topological polar surface area (TPSA) is 38.3 Å². The van der Waals surface area contributed by atoms with Gasteiger partial charge in [-0.25, -0.2) is 0 Å². The van der Waals surface area contributed by atoms with E-state index in [1.54, 1.807) is 18.2 Å². The average Bonchev–Trinajstić information content (AvgIpc) is 2.48. The molecule has 0 fully saturated rings. The van der Waals surface area contributed by atoms with Crippen LogP contribution in [-0.4, -0.2) is 19.1 Å². The highest BCUT2D eigenvalue weighted by atomic mass is 35.5. The van der Waals surface area contributed by atoms with Crippen molar-refractivity contribution in [2.45, 2.75) is 6.92 Å². The highest BCUT2D eigenvalue weighted by Gasteiger charge is 2.07. The van der Waals surface area contributed by atoms with Gasteiger partial charge in [0.25, 0.3) is 5.91 Å². The van der Waals surface area contributed by atoms with Crippen molar-refractivity contribution in [3.63, 3.8) is 0 Å². The lowest BCUT2D eigenvalue weighted by Crippen LogP contribution is -2.28. The fourth-order valence-electron chi connectivity index (χ4n) is 1.71. The number of ether oxygens (including phenoxy) is 1. The van der Waals surface area contributed by atoms with Gasteiger partial charge in [-0.1, -0.05) is 40.9 Å². The van der Waals surface area contributed by atoms with Gasteiger partial charge in [0.2, 0.25) is 0 Å². The van der Waals surface area contributed by atoms with Crippen LogP contribution in [0.3, 0.4) is 0 Å². The Balaban J connectivity index is 1.79. The van der Waals surface area contributed by atoms with Gasteiger partial charge in [0.1, 0.15) is 12.4 Å². The number of hydrogen-bond acceptors (Lipinski definition) is 2. The van der Waals surface area contributed by atoms with Crippen molar-refractivity contribution in [2.24, 2.45) is 0 Å². The minimum absolute atomic E-state index is 0.207. The predicted molar refractivity (Wildman–Crippen MR) is 85.5 cm³/mol. The van der Waals surface area contributed by atoms with Gasteiger partial charge in [0, 0.05) is 5.56 Å². The van der Waals surface area contributed by atoms with Crippen molar-refractivity contribution < 1.29 is 9.53 Å². The summed E-state index contributed by atoms with van der Waals surface area (Å²) in [4.78, 5) is 11.9. The van der Waals surface area contributed by atoms with Crippen LogP contribution < -0.4 is 10.1 Å². The molecule has 0 saturated heterocycles. The van der Waals surface area contributed by atoms with E-state index in [2.05, 4.69) is 5.32 Å². The highest BCUT2D eigenvalue weighted by Crippen LogP contribution is 2.22. The molecule has 2 rings (SSSR count). The lowest BCUT2D eigenvalue weighted by atomic mass is 10.2. The minimum atomic E-state index is -0.207. The lowest BCUT2D eigenvalue weighted by molar-refractivity contribution is 0.0947. The molecule has 1 N–H and O–H groups in total. The van der Waals surface area contributed by atoms with Gasteiger partial charge in [-0.05, 0) is 37.3 Å². The third-order valence-corrected chi connectivity index (χ3v) is 3.60. The van der Waals surface area contributed by atoms with E-state index in [1.807, 2.05) is 31.2 Å². The van der Waals surface area contributed by atoms with Gasteiger partial charge in [0.05, 0.1) is 16.6 Å². The molecule has 0 heterocycles. The quantitative estimate of drug-likeness (QED) is 0.841. The Kier molecular flexibility index (Phi) is 5.48. The van der Waals surface area contributed by atoms with E-state index in [4.69, 9.17) is 27.9 Å². The minimum Gasteiger partial charge on any atom is -0.492 e. The fourth-order valence-corrected chi connectivity index (χ4v) is 2.01. The van der Waals surface area contributed by atoms with E-state index in [1.165, 1.54) is 5.56 Å². The summed E-state index contributed by atoms with van der Waals surface area (Å²) in [5, 5.41) is 3.55. The van der Waals surface area contributed by atoms with Crippen molar-refractivity contribution in [3.05, 3.63) is 63.6 Å². The molecule has 0 aliphatic heterocycles. The van der Waals surface area contributed by atoms with E-state index in [9.17, 15) is 4.79 Å². The van der Waals surface area contributed by atoms with E-state index >= 15 is 0 Å². The molecule has 2 aromatic carbocycles. The third-order valence-electron chi connectivity index (χ3n) is 2.86. The van der Waals surface area contributed by atoms with Crippen LogP contribution in [0.5, 0.6) is 5.75 Å². The van der Waals surface area contributed by atoms with Crippen molar-refractivity contribution in [1.29, 1.82) is 0 Å². The van der Waals surface area contributed by atoms with Crippen LogP contribution in [0.15, 0.2) is 42.5 Å². The lowest BCUT2D eigenvalue weighted by Gasteiger charge is -2.08. The number of aryl methyl sites for hydroxylation is 1. The van der Waals surface area contributed by atoms with Crippen LogP contribution in [0.25, 0.3) is 0 Å². The van der Waals surface area contributed by atoms with E-state index in [0.29, 0.717) is 28.8 Å². The van der Waals surface area contributed by atoms with Crippen molar-refractivity contribution in [2.75, 3.05) is 13.2 Å². The van der Waals surface area contributed by atoms with Crippen molar-refractivity contribution in [3.8, 4) is 5.75 Å². The highest BCUT2D eigenvalue weighted by molar-refractivity contribution is 6.42. The number of amides is 1. The van der Waals surface area contributed by atoms with Crippen LogP contribution in [0.2, 0.25) is 10.0 Å². The van der Waals surface area contributed by atoms with Crippen LogP contribution >= 0.6 is 23.2 Å². The first-order valence-electron chi connectivity index (χ1n) is 6.49. The predicted octanol–water partition coefficient (Wildman–Crippen LogP) is 4.11. The number of nitrogens with one attached hydrogen (secondary N) is 1. The summed E-state index contributed by atoms with van der Waals surface area (Å²) < 4.78 is 5.53. The first-order chi connectivity index (χ1) is 10.1. The molecule has 0 bridgehead atoms. The molecule has 110 valence electrons.